The minimum atomic E-state index is 0.517. The van der Waals surface area contributed by atoms with E-state index in [2.05, 4.69) is 29.5 Å². The first kappa shape index (κ1) is 8.85. The molecule has 0 saturated heterocycles. The largest absolute Gasteiger partial charge is 0.356 e. The van der Waals surface area contributed by atoms with Crippen LogP contribution in [0.1, 0.15) is 26.7 Å². The molecule has 3 heteroatoms. The molecule has 0 aromatic rings. The van der Waals surface area contributed by atoms with Crippen LogP contribution in [0.5, 0.6) is 0 Å². The second-order valence-electron chi connectivity index (χ2n) is 4.28. The monoisotopic (exact) mass is 181 g/mol. The van der Waals surface area contributed by atoms with Gasteiger partial charge in [-0.15, -0.1) is 0 Å². The molecule has 74 valence electrons. The fourth-order valence-electron chi connectivity index (χ4n) is 1.95. The number of hydrogen-bond donors (Lipinski definition) is 2. The molecule has 3 nitrogen and oxygen atoms in total. The molecule has 0 bridgehead atoms. The second-order valence-corrected chi connectivity index (χ2v) is 4.28. The van der Waals surface area contributed by atoms with Gasteiger partial charge in [0.25, 0.3) is 0 Å². The van der Waals surface area contributed by atoms with Gasteiger partial charge in [-0.25, -0.2) is 0 Å². The van der Waals surface area contributed by atoms with Gasteiger partial charge in [0, 0.05) is 12.6 Å². The third-order valence-electron chi connectivity index (χ3n) is 3.03. The summed E-state index contributed by atoms with van der Waals surface area (Å²) in [5.74, 6) is 2.89. The van der Waals surface area contributed by atoms with E-state index in [-0.39, 0.29) is 0 Å². The van der Waals surface area contributed by atoms with Crippen molar-refractivity contribution < 1.29 is 0 Å². The quantitative estimate of drug-likeness (QED) is 0.680. The highest BCUT2D eigenvalue weighted by Gasteiger charge is 2.35. The average Bonchev–Trinajstić information content (AvgIpc) is 2.78. The first-order valence-electron chi connectivity index (χ1n) is 5.34. The molecule has 0 aromatic carbocycles. The Morgan fingerprint density at radius 3 is 2.92 bits per heavy atom. The molecule has 1 aliphatic heterocycles. The summed E-state index contributed by atoms with van der Waals surface area (Å²) in [5, 5.41) is 6.69. The Kier molecular flexibility index (Phi) is 2.42. The second kappa shape index (κ2) is 3.56. The summed E-state index contributed by atoms with van der Waals surface area (Å²) < 4.78 is 0. The summed E-state index contributed by atoms with van der Waals surface area (Å²) >= 11 is 0. The van der Waals surface area contributed by atoms with Gasteiger partial charge in [-0.1, -0.05) is 13.3 Å². The molecule has 0 aromatic heterocycles. The van der Waals surface area contributed by atoms with Gasteiger partial charge in [0.05, 0.1) is 6.54 Å². The van der Waals surface area contributed by atoms with E-state index in [1.54, 1.807) is 0 Å². The number of aliphatic imine (C=N–C) groups is 1. The van der Waals surface area contributed by atoms with Crippen molar-refractivity contribution in [1.82, 2.24) is 10.6 Å². The SMILES string of the molecule is CC[C@@H]1C[C@H]1CNC1=NCC(C)N1. The van der Waals surface area contributed by atoms with Gasteiger partial charge in [-0.2, -0.15) is 0 Å². The summed E-state index contributed by atoms with van der Waals surface area (Å²) in [4.78, 5) is 4.36. The average molecular weight is 181 g/mol. The molecule has 1 aliphatic carbocycles. The zero-order valence-corrected chi connectivity index (χ0v) is 8.51. The molecule has 0 amide bonds. The number of hydrogen-bond acceptors (Lipinski definition) is 3. The van der Waals surface area contributed by atoms with Gasteiger partial charge in [0.1, 0.15) is 0 Å². The molecule has 0 radical (unpaired) electrons. The Hall–Kier alpha value is -0.730. The van der Waals surface area contributed by atoms with Crippen LogP contribution in [-0.2, 0) is 0 Å². The number of nitrogens with zero attached hydrogens (tertiary/aromatic N) is 1. The van der Waals surface area contributed by atoms with E-state index in [4.69, 9.17) is 0 Å². The van der Waals surface area contributed by atoms with Crippen molar-refractivity contribution in [3.05, 3.63) is 0 Å². The third-order valence-corrected chi connectivity index (χ3v) is 3.03. The van der Waals surface area contributed by atoms with Crippen LogP contribution in [0, 0.1) is 11.8 Å². The summed E-state index contributed by atoms with van der Waals surface area (Å²) in [7, 11) is 0. The summed E-state index contributed by atoms with van der Waals surface area (Å²) in [5.41, 5.74) is 0. The van der Waals surface area contributed by atoms with Gasteiger partial charge in [-0.05, 0) is 25.2 Å². The Morgan fingerprint density at radius 2 is 2.38 bits per heavy atom. The molecule has 1 unspecified atom stereocenters. The van der Waals surface area contributed by atoms with Gasteiger partial charge < -0.3 is 10.6 Å². The maximum atomic E-state index is 4.36. The van der Waals surface area contributed by atoms with E-state index in [0.717, 1.165) is 30.9 Å². The molecule has 2 rings (SSSR count). The van der Waals surface area contributed by atoms with E-state index < -0.39 is 0 Å². The third kappa shape index (κ3) is 2.14. The maximum Gasteiger partial charge on any atom is 0.191 e. The highest BCUT2D eigenvalue weighted by molar-refractivity contribution is 5.81. The predicted octanol–water partition coefficient (Wildman–Crippen LogP) is 0.970. The smallest absolute Gasteiger partial charge is 0.191 e. The van der Waals surface area contributed by atoms with E-state index in [1.165, 1.54) is 12.8 Å². The minimum absolute atomic E-state index is 0.517. The number of rotatable bonds is 3. The van der Waals surface area contributed by atoms with E-state index in [0.29, 0.717) is 6.04 Å². The zero-order valence-electron chi connectivity index (χ0n) is 8.51. The fourth-order valence-corrected chi connectivity index (χ4v) is 1.95. The van der Waals surface area contributed by atoms with Crippen LogP contribution >= 0.6 is 0 Å². The molecular formula is C10H19N3. The highest BCUT2D eigenvalue weighted by Crippen LogP contribution is 2.40. The van der Waals surface area contributed by atoms with Gasteiger partial charge in [0.2, 0.25) is 0 Å². The maximum absolute atomic E-state index is 4.36. The van der Waals surface area contributed by atoms with E-state index >= 15 is 0 Å². The van der Waals surface area contributed by atoms with Crippen molar-refractivity contribution in [2.45, 2.75) is 32.7 Å². The standard InChI is InChI=1S/C10H19N3/c1-3-8-4-9(8)6-12-10-11-5-7(2)13-10/h7-9H,3-6H2,1-2H3,(H2,11,12,13)/t7?,8-,9+/m1/s1. The molecule has 2 N–H and O–H groups in total. The lowest BCUT2D eigenvalue weighted by Crippen LogP contribution is -2.38. The Balaban J connectivity index is 1.64. The lowest BCUT2D eigenvalue weighted by atomic mass is 10.2. The van der Waals surface area contributed by atoms with Crippen molar-refractivity contribution in [1.29, 1.82) is 0 Å². The van der Waals surface area contributed by atoms with Gasteiger partial charge in [0.15, 0.2) is 5.96 Å². The van der Waals surface area contributed by atoms with Gasteiger partial charge >= 0.3 is 0 Å². The molecule has 1 saturated carbocycles. The van der Waals surface area contributed by atoms with Crippen LogP contribution in [0.3, 0.4) is 0 Å². The summed E-state index contributed by atoms with van der Waals surface area (Å²) in [6, 6.07) is 0.517. The Bertz CT molecular complexity index is 212. The Labute approximate surface area is 80.0 Å². The summed E-state index contributed by atoms with van der Waals surface area (Å²) in [6.07, 6.45) is 2.75. The van der Waals surface area contributed by atoms with Crippen LogP contribution in [0.15, 0.2) is 4.99 Å². The number of guanidine groups is 1. The highest BCUT2D eigenvalue weighted by atomic mass is 15.2. The van der Waals surface area contributed by atoms with Gasteiger partial charge in [-0.3, -0.25) is 4.99 Å². The van der Waals surface area contributed by atoms with Crippen molar-refractivity contribution in [3.8, 4) is 0 Å². The van der Waals surface area contributed by atoms with Crippen molar-refractivity contribution >= 4 is 5.96 Å². The molecule has 13 heavy (non-hydrogen) atoms. The van der Waals surface area contributed by atoms with E-state index in [9.17, 15) is 0 Å². The normalized spacial score (nSPS) is 36.8. The molecule has 1 heterocycles. The molecule has 1 fully saturated rings. The van der Waals surface area contributed by atoms with Crippen LogP contribution < -0.4 is 10.6 Å². The van der Waals surface area contributed by atoms with E-state index in [1.807, 2.05) is 0 Å². The molecular weight excluding hydrogens is 162 g/mol. The molecule has 2 aliphatic rings. The van der Waals surface area contributed by atoms with Crippen molar-refractivity contribution in [2.75, 3.05) is 13.1 Å². The van der Waals surface area contributed by atoms with Crippen molar-refractivity contribution in [3.63, 3.8) is 0 Å². The first-order chi connectivity index (χ1) is 6.29. The fraction of sp³-hybridized carbons (Fsp3) is 0.900. The van der Waals surface area contributed by atoms with Crippen LogP contribution in [0.25, 0.3) is 0 Å². The van der Waals surface area contributed by atoms with Crippen LogP contribution in [0.2, 0.25) is 0 Å². The number of nitrogens with one attached hydrogen (secondary N) is 2. The lowest BCUT2D eigenvalue weighted by molar-refractivity contribution is 0.649. The first-order valence-corrected chi connectivity index (χ1v) is 5.34. The molecule has 3 atom stereocenters. The zero-order chi connectivity index (χ0) is 9.26. The predicted molar refractivity (Wildman–Crippen MR) is 54.8 cm³/mol. The topological polar surface area (TPSA) is 36.4 Å². The lowest BCUT2D eigenvalue weighted by Gasteiger charge is -2.07. The Morgan fingerprint density at radius 1 is 1.54 bits per heavy atom. The minimum Gasteiger partial charge on any atom is -0.356 e. The van der Waals surface area contributed by atoms with Crippen LogP contribution in [0.4, 0.5) is 0 Å². The molecule has 0 spiro atoms. The summed E-state index contributed by atoms with van der Waals surface area (Å²) in [6.45, 7) is 6.46. The van der Waals surface area contributed by atoms with Crippen molar-refractivity contribution in [2.24, 2.45) is 16.8 Å². The van der Waals surface area contributed by atoms with Crippen LogP contribution in [-0.4, -0.2) is 25.1 Å².